The zero-order valence-corrected chi connectivity index (χ0v) is 22.6. The quantitative estimate of drug-likeness (QED) is 0.319. The van der Waals surface area contributed by atoms with Gasteiger partial charge in [0.2, 0.25) is 0 Å². The molecule has 0 radical (unpaired) electrons. The summed E-state index contributed by atoms with van der Waals surface area (Å²) in [6.45, 7) is 5.18. The third-order valence-corrected chi connectivity index (χ3v) is 7.41. The Hall–Kier alpha value is -3.97. The van der Waals surface area contributed by atoms with E-state index in [9.17, 15) is 19.5 Å². The monoisotopic (exact) mass is 528 g/mol. The van der Waals surface area contributed by atoms with Crippen LogP contribution in [0.5, 0.6) is 0 Å². The molecule has 39 heavy (non-hydrogen) atoms. The number of nitrogens with one attached hydrogen (secondary N) is 1. The molecule has 1 amide bonds. The fourth-order valence-corrected chi connectivity index (χ4v) is 5.16. The molecule has 7 nitrogen and oxygen atoms in total. The molecule has 3 aromatic rings. The molecule has 0 saturated carbocycles. The number of ketones is 1. The van der Waals surface area contributed by atoms with Crippen LogP contribution >= 0.6 is 0 Å². The number of nitrogens with two attached hydrogens (primary N) is 1. The lowest BCUT2D eigenvalue weighted by molar-refractivity contribution is -0.147. The van der Waals surface area contributed by atoms with Crippen LogP contribution in [-0.4, -0.2) is 41.6 Å². The van der Waals surface area contributed by atoms with Gasteiger partial charge in [-0.2, -0.15) is 0 Å². The third kappa shape index (κ3) is 6.73. The fraction of sp³-hybridized carbons (Fsp3) is 0.344. The first kappa shape index (κ1) is 28.0. The Balaban J connectivity index is 1.26. The van der Waals surface area contributed by atoms with Crippen molar-refractivity contribution in [1.29, 1.82) is 0 Å². The average Bonchev–Trinajstić information content (AvgIpc) is 3.21. The van der Waals surface area contributed by atoms with Gasteiger partial charge in [-0.1, -0.05) is 72.8 Å². The lowest BCUT2D eigenvalue weighted by atomic mass is 9.84. The molecule has 2 atom stereocenters. The van der Waals surface area contributed by atoms with Gasteiger partial charge >= 0.3 is 12.1 Å². The maximum absolute atomic E-state index is 12.8. The normalized spacial score (nSPS) is 14.2. The van der Waals surface area contributed by atoms with Crippen LogP contribution in [0.3, 0.4) is 0 Å². The topological polar surface area (TPSA) is 119 Å². The van der Waals surface area contributed by atoms with Crippen LogP contribution in [-0.2, 0) is 27.2 Å². The van der Waals surface area contributed by atoms with E-state index in [0.29, 0.717) is 12.8 Å². The number of hydrogen-bond donors (Lipinski definition) is 3. The Morgan fingerprint density at radius 1 is 0.923 bits per heavy atom. The van der Waals surface area contributed by atoms with Crippen molar-refractivity contribution in [1.82, 2.24) is 5.32 Å². The summed E-state index contributed by atoms with van der Waals surface area (Å²) in [6.07, 6.45) is 0.460. The summed E-state index contributed by atoms with van der Waals surface area (Å²) >= 11 is 0. The van der Waals surface area contributed by atoms with Gasteiger partial charge in [-0.3, -0.25) is 9.59 Å². The van der Waals surface area contributed by atoms with E-state index < -0.39 is 23.5 Å². The Labute approximate surface area is 229 Å². The highest BCUT2D eigenvalue weighted by molar-refractivity contribution is 5.88. The Morgan fingerprint density at radius 2 is 1.46 bits per heavy atom. The molecule has 4 N–H and O–H groups in total. The first-order valence-corrected chi connectivity index (χ1v) is 13.3. The highest BCUT2D eigenvalue weighted by atomic mass is 16.5. The first-order chi connectivity index (χ1) is 18.5. The lowest BCUT2D eigenvalue weighted by Gasteiger charge is -2.23. The summed E-state index contributed by atoms with van der Waals surface area (Å²) in [5.74, 6) is -1.04. The van der Waals surface area contributed by atoms with Crippen LogP contribution in [0, 0.1) is 5.41 Å². The number of rotatable bonds is 11. The molecule has 0 spiro atoms. The largest absolute Gasteiger partial charge is 0.481 e. The van der Waals surface area contributed by atoms with Gasteiger partial charge in [0.15, 0.2) is 5.78 Å². The number of carboxylic acid groups (broad SMARTS) is 1. The highest BCUT2D eigenvalue weighted by Gasteiger charge is 2.30. The second-order valence-electron chi connectivity index (χ2n) is 11.0. The molecule has 0 aliphatic heterocycles. The van der Waals surface area contributed by atoms with Gasteiger partial charge in [0.05, 0.1) is 11.5 Å². The van der Waals surface area contributed by atoms with Crippen LogP contribution in [0.2, 0.25) is 0 Å². The summed E-state index contributed by atoms with van der Waals surface area (Å²) in [6, 6.07) is 22.8. The zero-order chi connectivity index (χ0) is 28.2. The average molecular weight is 529 g/mol. The summed E-state index contributed by atoms with van der Waals surface area (Å²) in [4.78, 5) is 36.7. The number of aliphatic carboxylic acids is 1. The van der Waals surface area contributed by atoms with Crippen molar-refractivity contribution in [2.45, 2.75) is 58.0 Å². The number of carbonyl (C=O) groups is 3. The summed E-state index contributed by atoms with van der Waals surface area (Å²) < 4.78 is 5.56. The number of carbonyl (C=O) groups excluding carboxylic acids is 2. The Bertz CT molecular complexity index is 1300. The van der Waals surface area contributed by atoms with Crippen molar-refractivity contribution in [3.8, 4) is 11.1 Å². The van der Waals surface area contributed by atoms with Crippen LogP contribution < -0.4 is 11.1 Å². The Morgan fingerprint density at radius 3 is 2.03 bits per heavy atom. The number of benzene rings is 3. The predicted octanol–water partition coefficient (Wildman–Crippen LogP) is 5.10. The van der Waals surface area contributed by atoms with Crippen molar-refractivity contribution in [3.05, 3.63) is 95.1 Å². The maximum atomic E-state index is 12.8. The van der Waals surface area contributed by atoms with E-state index >= 15 is 0 Å². The fourth-order valence-electron chi connectivity index (χ4n) is 5.16. The smallest absolute Gasteiger partial charge is 0.407 e. The first-order valence-electron chi connectivity index (χ1n) is 13.3. The second-order valence-corrected chi connectivity index (χ2v) is 11.0. The van der Waals surface area contributed by atoms with Crippen molar-refractivity contribution < 1.29 is 24.2 Å². The molecule has 0 fully saturated rings. The molecule has 204 valence electrons. The second kappa shape index (κ2) is 11.8. The molecule has 0 bridgehead atoms. The van der Waals surface area contributed by atoms with Crippen LogP contribution in [0.15, 0.2) is 72.8 Å². The van der Waals surface area contributed by atoms with E-state index in [1.165, 1.54) is 0 Å². The van der Waals surface area contributed by atoms with Gasteiger partial charge < -0.3 is 20.9 Å². The van der Waals surface area contributed by atoms with Gasteiger partial charge in [-0.05, 0) is 67.0 Å². The molecule has 1 aliphatic rings. The third-order valence-electron chi connectivity index (χ3n) is 7.41. The van der Waals surface area contributed by atoms with E-state index in [1.807, 2.05) is 48.5 Å². The maximum Gasteiger partial charge on any atom is 0.407 e. The van der Waals surface area contributed by atoms with Crippen molar-refractivity contribution >= 4 is 17.8 Å². The van der Waals surface area contributed by atoms with E-state index in [1.54, 1.807) is 20.8 Å². The minimum Gasteiger partial charge on any atom is -0.481 e. The highest BCUT2D eigenvalue weighted by Crippen LogP contribution is 2.44. The summed E-state index contributed by atoms with van der Waals surface area (Å²) in [5, 5.41) is 12.0. The van der Waals surface area contributed by atoms with E-state index in [-0.39, 0.29) is 30.8 Å². The van der Waals surface area contributed by atoms with Gasteiger partial charge in [0, 0.05) is 18.4 Å². The minimum absolute atomic E-state index is 0.0454. The molecular formula is C32H36N2O5. The summed E-state index contributed by atoms with van der Waals surface area (Å²) in [7, 11) is 0. The van der Waals surface area contributed by atoms with Crippen LogP contribution in [0.1, 0.15) is 55.4 Å². The molecule has 4 rings (SSSR count). The number of alkyl carbamates (subject to hydrolysis) is 1. The lowest BCUT2D eigenvalue weighted by Crippen LogP contribution is -2.40. The van der Waals surface area contributed by atoms with Crippen molar-refractivity contribution in [2.24, 2.45) is 11.1 Å². The molecule has 0 unspecified atom stereocenters. The molecule has 0 heterocycles. The molecule has 0 saturated heterocycles. The minimum atomic E-state index is -0.887. The van der Waals surface area contributed by atoms with E-state index in [2.05, 4.69) is 29.6 Å². The number of amides is 1. The molecular weight excluding hydrogens is 492 g/mol. The van der Waals surface area contributed by atoms with E-state index in [0.717, 1.165) is 33.4 Å². The van der Waals surface area contributed by atoms with Crippen LogP contribution in [0.4, 0.5) is 4.79 Å². The number of fused-ring (bicyclic) bond motifs is 3. The number of carboxylic acids is 1. The predicted molar refractivity (Wildman–Crippen MR) is 151 cm³/mol. The molecule has 3 aromatic carbocycles. The van der Waals surface area contributed by atoms with Gasteiger partial charge in [0.25, 0.3) is 0 Å². The van der Waals surface area contributed by atoms with Crippen molar-refractivity contribution in [2.75, 3.05) is 6.61 Å². The number of hydrogen-bond acceptors (Lipinski definition) is 5. The number of ether oxygens (including phenoxy) is 1. The SMILES string of the molecule is C[C@H](NC(=O)OCC1c2ccccc2-c2ccccc21)C(=O)Cc1ccc(C[C@H](N)CC(C)(C)C(=O)O)cc1. The van der Waals surface area contributed by atoms with Gasteiger partial charge in [-0.15, -0.1) is 0 Å². The number of Topliss-reactive ketones (excluding diaryl/α,β-unsaturated/α-hetero) is 1. The summed E-state index contributed by atoms with van der Waals surface area (Å²) in [5.41, 5.74) is 11.7. The molecule has 0 aromatic heterocycles. The Kier molecular flexibility index (Phi) is 8.51. The van der Waals surface area contributed by atoms with E-state index in [4.69, 9.17) is 10.5 Å². The molecule has 7 heteroatoms. The van der Waals surface area contributed by atoms with Crippen LogP contribution in [0.25, 0.3) is 11.1 Å². The van der Waals surface area contributed by atoms with Crippen molar-refractivity contribution in [3.63, 3.8) is 0 Å². The molecule has 1 aliphatic carbocycles. The van der Waals surface area contributed by atoms with Gasteiger partial charge in [0.1, 0.15) is 6.61 Å². The van der Waals surface area contributed by atoms with Gasteiger partial charge in [-0.25, -0.2) is 4.79 Å². The zero-order valence-electron chi connectivity index (χ0n) is 22.6. The standard InChI is InChI=1S/C32H36N2O5/c1-20(29(35)17-22-14-12-21(13-15-22)16-23(33)18-32(2,3)30(36)37)34-31(38)39-19-28-26-10-6-4-8-24(26)25-9-5-7-11-27(25)28/h4-15,20,23,28H,16-19,33H2,1-3H3,(H,34,38)(H,36,37)/t20-,23-/m0/s1.